The van der Waals surface area contributed by atoms with E-state index >= 15 is 0 Å². The van der Waals surface area contributed by atoms with Crippen molar-refractivity contribution in [3.63, 3.8) is 0 Å². The molecule has 120 valence electrons. The molecule has 0 bridgehead atoms. The fourth-order valence-electron chi connectivity index (χ4n) is 1.73. The zero-order valence-corrected chi connectivity index (χ0v) is 14.0. The number of likely N-dealkylation sites (N-methyl/N-ethyl adjacent to an activating group) is 1. The highest BCUT2D eigenvalue weighted by molar-refractivity contribution is 7.87. The van der Waals surface area contributed by atoms with Crippen molar-refractivity contribution in [2.24, 2.45) is 0 Å². The first-order valence-electron chi connectivity index (χ1n) is 7.47. The zero-order valence-electron chi connectivity index (χ0n) is 13.2. The highest BCUT2D eigenvalue weighted by Gasteiger charge is 2.20. The van der Waals surface area contributed by atoms with Crippen LogP contribution in [0.5, 0.6) is 0 Å². The van der Waals surface area contributed by atoms with Gasteiger partial charge in [0.1, 0.15) is 0 Å². The maximum absolute atomic E-state index is 12.0. The normalized spacial score (nSPS) is 16.6. The van der Waals surface area contributed by atoms with E-state index in [-0.39, 0.29) is 0 Å². The van der Waals surface area contributed by atoms with Crippen LogP contribution >= 0.6 is 0 Å². The number of nitrogens with one attached hydrogen (secondary N) is 2. The third-order valence-electron chi connectivity index (χ3n) is 3.70. The molecule has 1 saturated carbocycles. The van der Waals surface area contributed by atoms with E-state index in [1.165, 1.54) is 17.1 Å². The van der Waals surface area contributed by atoms with Gasteiger partial charge < -0.3 is 10.2 Å². The average Bonchev–Trinajstić information content (AvgIpc) is 3.17. The van der Waals surface area contributed by atoms with Crippen LogP contribution in [0.2, 0.25) is 0 Å². The number of nitrogens with zero attached hydrogens (tertiary/aromatic N) is 2. The van der Waals surface area contributed by atoms with E-state index in [4.69, 9.17) is 0 Å². The Morgan fingerprint density at radius 3 is 2.35 bits per heavy atom. The van der Waals surface area contributed by atoms with Gasteiger partial charge in [0.2, 0.25) is 0 Å². The predicted octanol–water partition coefficient (Wildman–Crippen LogP) is 0.235. The molecule has 0 heterocycles. The van der Waals surface area contributed by atoms with Crippen LogP contribution in [0.1, 0.15) is 33.1 Å². The topological polar surface area (TPSA) is 64.7 Å². The molecule has 1 fully saturated rings. The summed E-state index contributed by atoms with van der Waals surface area (Å²) >= 11 is 0. The molecule has 0 amide bonds. The first-order chi connectivity index (χ1) is 9.33. The van der Waals surface area contributed by atoms with Crippen LogP contribution in [0.3, 0.4) is 0 Å². The van der Waals surface area contributed by atoms with E-state index in [1.54, 1.807) is 7.05 Å². The van der Waals surface area contributed by atoms with E-state index < -0.39 is 10.2 Å². The van der Waals surface area contributed by atoms with Crippen LogP contribution in [-0.4, -0.2) is 70.0 Å². The lowest BCUT2D eigenvalue weighted by Gasteiger charge is -2.22. The molecule has 0 aromatic carbocycles. The number of hydrogen-bond donors (Lipinski definition) is 2. The van der Waals surface area contributed by atoms with Crippen LogP contribution in [-0.2, 0) is 10.2 Å². The second-order valence-corrected chi connectivity index (χ2v) is 7.74. The minimum absolute atomic E-state index is 0.422. The molecule has 0 aromatic heterocycles. The molecule has 0 radical (unpaired) electrons. The van der Waals surface area contributed by atoms with Crippen LogP contribution in [0.4, 0.5) is 0 Å². The summed E-state index contributed by atoms with van der Waals surface area (Å²) in [6.45, 7) is 6.78. The Hall–Kier alpha value is -0.210. The Kier molecular flexibility index (Phi) is 7.39. The molecule has 0 spiro atoms. The molecule has 0 saturated heterocycles. The number of rotatable bonds is 11. The summed E-state index contributed by atoms with van der Waals surface area (Å²) in [4.78, 5) is 2.11. The van der Waals surface area contributed by atoms with Crippen molar-refractivity contribution in [2.75, 3.05) is 40.3 Å². The van der Waals surface area contributed by atoms with Gasteiger partial charge in [-0.05, 0) is 46.7 Å². The Morgan fingerprint density at radius 2 is 1.80 bits per heavy atom. The van der Waals surface area contributed by atoms with Crippen LogP contribution in [0, 0.1) is 0 Å². The Labute approximate surface area is 124 Å². The van der Waals surface area contributed by atoms with Crippen molar-refractivity contribution in [1.29, 1.82) is 0 Å². The third-order valence-corrected chi connectivity index (χ3v) is 5.27. The molecule has 0 atom stereocenters. The lowest BCUT2D eigenvalue weighted by molar-refractivity contribution is 0.278. The maximum atomic E-state index is 12.0. The molecule has 1 rings (SSSR count). The lowest BCUT2D eigenvalue weighted by Crippen LogP contribution is -2.43. The van der Waals surface area contributed by atoms with Gasteiger partial charge in [-0.15, -0.1) is 0 Å². The van der Waals surface area contributed by atoms with Gasteiger partial charge in [0, 0.05) is 38.8 Å². The fraction of sp³-hybridized carbons (Fsp3) is 1.00. The van der Waals surface area contributed by atoms with Gasteiger partial charge in [0.15, 0.2) is 0 Å². The van der Waals surface area contributed by atoms with Crippen LogP contribution < -0.4 is 10.0 Å². The first-order valence-corrected chi connectivity index (χ1v) is 8.91. The van der Waals surface area contributed by atoms with E-state index in [0.29, 0.717) is 31.7 Å². The number of hydrogen-bond acceptors (Lipinski definition) is 4. The molecule has 0 aromatic rings. The molecule has 1 aliphatic carbocycles. The summed E-state index contributed by atoms with van der Waals surface area (Å²) in [5.41, 5.74) is 0. The summed E-state index contributed by atoms with van der Waals surface area (Å²) in [7, 11) is 0.285. The van der Waals surface area contributed by atoms with Crippen molar-refractivity contribution >= 4 is 10.2 Å². The minimum atomic E-state index is -3.34. The van der Waals surface area contributed by atoms with Gasteiger partial charge in [-0.1, -0.05) is 0 Å². The minimum Gasteiger partial charge on any atom is -0.314 e. The van der Waals surface area contributed by atoms with Gasteiger partial charge in [0.25, 0.3) is 10.2 Å². The summed E-state index contributed by atoms with van der Waals surface area (Å²) in [5.74, 6) is 0. The van der Waals surface area contributed by atoms with E-state index in [0.717, 1.165) is 13.0 Å². The average molecular weight is 306 g/mol. The second kappa shape index (κ2) is 8.29. The second-order valence-electron chi connectivity index (χ2n) is 5.88. The summed E-state index contributed by atoms with van der Waals surface area (Å²) in [5, 5.41) is 3.39. The summed E-state index contributed by atoms with van der Waals surface area (Å²) < 4.78 is 28.0. The van der Waals surface area contributed by atoms with Crippen LogP contribution in [0.25, 0.3) is 0 Å². The lowest BCUT2D eigenvalue weighted by atomic mass is 10.3. The van der Waals surface area contributed by atoms with E-state index in [9.17, 15) is 8.42 Å². The standard InChI is InChI=1S/C13H30N4O2S/c1-12(2)16(3)11-9-15-20(18,19)17(4)10-5-8-14-13-6-7-13/h12-15H,5-11H2,1-4H3. The SMILES string of the molecule is CC(C)N(C)CCNS(=O)(=O)N(C)CCCNC1CC1. The fourth-order valence-corrected chi connectivity index (χ4v) is 2.67. The van der Waals surface area contributed by atoms with E-state index in [1.807, 2.05) is 7.05 Å². The van der Waals surface area contributed by atoms with Gasteiger partial charge in [-0.25, -0.2) is 4.72 Å². The monoisotopic (exact) mass is 306 g/mol. The molecular weight excluding hydrogens is 276 g/mol. The largest absolute Gasteiger partial charge is 0.314 e. The molecule has 20 heavy (non-hydrogen) atoms. The van der Waals surface area contributed by atoms with Gasteiger partial charge in [-0.3, -0.25) is 0 Å². The molecule has 2 N–H and O–H groups in total. The summed E-state index contributed by atoms with van der Waals surface area (Å²) in [6.07, 6.45) is 3.37. The summed E-state index contributed by atoms with van der Waals surface area (Å²) in [6, 6.07) is 1.10. The molecule has 0 unspecified atom stereocenters. The van der Waals surface area contributed by atoms with Gasteiger partial charge in [0.05, 0.1) is 0 Å². The predicted molar refractivity (Wildman–Crippen MR) is 83.0 cm³/mol. The van der Waals surface area contributed by atoms with Crippen molar-refractivity contribution in [2.45, 2.75) is 45.2 Å². The van der Waals surface area contributed by atoms with Crippen molar-refractivity contribution in [3.05, 3.63) is 0 Å². The molecule has 0 aliphatic heterocycles. The van der Waals surface area contributed by atoms with Gasteiger partial charge in [-0.2, -0.15) is 12.7 Å². The Bertz CT molecular complexity index is 369. The quantitative estimate of drug-likeness (QED) is 0.537. The highest BCUT2D eigenvalue weighted by atomic mass is 32.2. The molecule has 1 aliphatic rings. The highest BCUT2D eigenvalue weighted by Crippen LogP contribution is 2.18. The zero-order chi connectivity index (χ0) is 15.2. The third kappa shape index (κ3) is 6.99. The molecular formula is C13H30N4O2S. The maximum Gasteiger partial charge on any atom is 0.279 e. The smallest absolute Gasteiger partial charge is 0.279 e. The van der Waals surface area contributed by atoms with Gasteiger partial charge >= 0.3 is 0 Å². The van der Waals surface area contributed by atoms with Crippen molar-refractivity contribution in [3.8, 4) is 0 Å². The molecule has 7 heteroatoms. The van der Waals surface area contributed by atoms with Crippen molar-refractivity contribution < 1.29 is 8.42 Å². The van der Waals surface area contributed by atoms with E-state index in [2.05, 4.69) is 28.8 Å². The molecule has 6 nitrogen and oxygen atoms in total. The van der Waals surface area contributed by atoms with Crippen LogP contribution in [0.15, 0.2) is 0 Å². The Morgan fingerprint density at radius 1 is 1.15 bits per heavy atom. The van der Waals surface area contributed by atoms with Crippen molar-refractivity contribution in [1.82, 2.24) is 19.2 Å². The Balaban J connectivity index is 2.16. The first kappa shape index (κ1) is 17.8.